The number of nitriles is 1. The minimum atomic E-state index is -3.83. The highest BCUT2D eigenvalue weighted by Crippen LogP contribution is 2.25. The normalized spacial score (nSPS) is 17.3. The second kappa shape index (κ2) is 5.51. The maximum atomic E-state index is 12.1. The third-order valence-electron chi connectivity index (χ3n) is 3.09. The molecule has 0 spiro atoms. The predicted molar refractivity (Wildman–Crippen MR) is 66.3 cm³/mol. The molecule has 1 fully saturated rings. The van der Waals surface area contributed by atoms with Crippen molar-refractivity contribution in [2.75, 3.05) is 0 Å². The molecule has 0 aliphatic heterocycles. The van der Waals surface area contributed by atoms with Crippen molar-refractivity contribution in [3.63, 3.8) is 0 Å². The van der Waals surface area contributed by atoms with E-state index in [0.717, 1.165) is 32.1 Å². The zero-order valence-corrected chi connectivity index (χ0v) is 10.8. The van der Waals surface area contributed by atoms with Gasteiger partial charge < -0.3 is 0 Å². The second-order valence-electron chi connectivity index (χ2n) is 4.42. The molecule has 0 aromatic heterocycles. The van der Waals surface area contributed by atoms with Crippen molar-refractivity contribution in [3.05, 3.63) is 29.8 Å². The Balaban J connectivity index is 2.22. The SMILES string of the molecule is N#Cc1ccccc1S(=O)(=O)OC1CCCCC1. The van der Waals surface area contributed by atoms with Crippen LogP contribution in [0, 0.1) is 11.3 Å². The molecule has 0 bridgehead atoms. The van der Waals surface area contributed by atoms with Crippen LogP contribution in [0.5, 0.6) is 0 Å². The van der Waals surface area contributed by atoms with Crippen molar-refractivity contribution in [3.8, 4) is 6.07 Å². The molecule has 1 saturated carbocycles. The van der Waals surface area contributed by atoms with Gasteiger partial charge in [-0.1, -0.05) is 31.4 Å². The Morgan fingerprint density at radius 2 is 1.83 bits per heavy atom. The average molecular weight is 265 g/mol. The summed E-state index contributed by atoms with van der Waals surface area (Å²) in [4.78, 5) is -0.0296. The van der Waals surface area contributed by atoms with E-state index in [-0.39, 0.29) is 16.6 Å². The summed E-state index contributed by atoms with van der Waals surface area (Å²) in [6.07, 6.45) is 4.44. The molecule has 0 amide bonds. The van der Waals surface area contributed by atoms with Gasteiger partial charge in [0.15, 0.2) is 0 Å². The van der Waals surface area contributed by atoms with E-state index in [9.17, 15) is 8.42 Å². The van der Waals surface area contributed by atoms with Crippen molar-refractivity contribution < 1.29 is 12.6 Å². The third-order valence-corrected chi connectivity index (χ3v) is 4.51. The van der Waals surface area contributed by atoms with Crippen LogP contribution in [0.15, 0.2) is 29.2 Å². The van der Waals surface area contributed by atoms with Gasteiger partial charge in [0.05, 0.1) is 11.7 Å². The standard InChI is InChI=1S/C13H15NO3S/c14-10-11-6-4-5-9-13(11)18(15,16)17-12-7-2-1-3-8-12/h4-6,9,12H,1-3,7-8H2. The van der Waals surface area contributed by atoms with Gasteiger partial charge in [0.1, 0.15) is 11.0 Å². The maximum Gasteiger partial charge on any atom is 0.298 e. The lowest BCUT2D eigenvalue weighted by Gasteiger charge is -2.21. The van der Waals surface area contributed by atoms with Crippen LogP contribution in [0.4, 0.5) is 0 Å². The number of benzene rings is 1. The van der Waals surface area contributed by atoms with Gasteiger partial charge in [-0.05, 0) is 25.0 Å². The highest BCUT2D eigenvalue weighted by atomic mass is 32.2. The summed E-state index contributed by atoms with van der Waals surface area (Å²) in [5, 5.41) is 8.92. The molecule has 0 heterocycles. The number of hydrogen-bond acceptors (Lipinski definition) is 4. The van der Waals surface area contributed by atoms with E-state index >= 15 is 0 Å². The van der Waals surface area contributed by atoms with Crippen LogP contribution < -0.4 is 0 Å². The van der Waals surface area contributed by atoms with E-state index in [1.54, 1.807) is 12.1 Å². The molecule has 4 nitrogen and oxygen atoms in total. The van der Waals surface area contributed by atoms with Crippen molar-refractivity contribution >= 4 is 10.1 Å². The van der Waals surface area contributed by atoms with E-state index < -0.39 is 10.1 Å². The Morgan fingerprint density at radius 3 is 2.50 bits per heavy atom. The average Bonchev–Trinajstić information content (AvgIpc) is 2.39. The molecule has 0 radical (unpaired) electrons. The number of rotatable bonds is 3. The largest absolute Gasteiger partial charge is 0.298 e. The number of hydrogen-bond donors (Lipinski definition) is 0. The van der Waals surface area contributed by atoms with Crippen LogP contribution in [-0.2, 0) is 14.3 Å². The van der Waals surface area contributed by atoms with Crippen LogP contribution in [0.2, 0.25) is 0 Å². The molecule has 0 N–H and O–H groups in total. The van der Waals surface area contributed by atoms with Gasteiger partial charge in [0, 0.05) is 0 Å². The van der Waals surface area contributed by atoms with E-state index in [1.807, 2.05) is 6.07 Å². The molecule has 96 valence electrons. The molecule has 0 unspecified atom stereocenters. The first-order chi connectivity index (χ1) is 8.63. The van der Waals surface area contributed by atoms with Gasteiger partial charge >= 0.3 is 0 Å². The summed E-state index contributed by atoms with van der Waals surface area (Å²) >= 11 is 0. The van der Waals surface area contributed by atoms with E-state index in [0.29, 0.717) is 0 Å². The van der Waals surface area contributed by atoms with E-state index in [4.69, 9.17) is 9.44 Å². The van der Waals surface area contributed by atoms with Crippen LogP contribution >= 0.6 is 0 Å². The van der Waals surface area contributed by atoms with Crippen molar-refractivity contribution in [1.82, 2.24) is 0 Å². The lowest BCUT2D eigenvalue weighted by molar-refractivity contribution is 0.162. The second-order valence-corrected chi connectivity index (χ2v) is 5.96. The van der Waals surface area contributed by atoms with Crippen LogP contribution in [0.3, 0.4) is 0 Å². The molecular weight excluding hydrogens is 250 g/mol. The Kier molecular flexibility index (Phi) is 4.00. The van der Waals surface area contributed by atoms with Gasteiger partial charge in [-0.15, -0.1) is 0 Å². The molecule has 1 aliphatic carbocycles. The van der Waals surface area contributed by atoms with Gasteiger partial charge in [0.2, 0.25) is 0 Å². The zero-order valence-electron chi connectivity index (χ0n) is 10.0. The summed E-state index contributed by atoms with van der Waals surface area (Å²) < 4.78 is 29.4. The zero-order chi connectivity index (χ0) is 13.0. The lowest BCUT2D eigenvalue weighted by atomic mass is 9.98. The minimum Gasteiger partial charge on any atom is -0.263 e. The first-order valence-electron chi connectivity index (χ1n) is 6.06. The molecule has 2 rings (SSSR count). The first kappa shape index (κ1) is 13.1. The summed E-state index contributed by atoms with van der Waals surface area (Å²) in [5.41, 5.74) is 0.133. The molecule has 5 heteroatoms. The fourth-order valence-electron chi connectivity index (χ4n) is 2.17. The Labute approximate surface area is 107 Å². The van der Waals surface area contributed by atoms with Crippen LogP contribution in [-0.4, -0.2) is 14.5 Å². The highest BCUT2D eigenvalue weighted by molar-refractivity contribution is 7.86. The quantitative estimate of drug-likeness (QED) is 0.788. The summed E-state index contributed by atoms with van der Waals surface area (Å²) in [5.74, 6) is 0. The minimum absolute atomic E-state index is 0.0296. The topological polar surface area (TPSA) is 67.2 Å². The van der Waals surface area contributed by atoms with Gasteiger partial charge in [0.25, 0.3) is 10.1 Å². The van der Waals surface area contributed by atoms with Gasteiger partial charge in [-0.3, -0.25) is 4.18 Å². The molecule has 0 atom stereocenters. The van der Waals surface area contributed by atoms with E-state index in [1.165, 1.54) is 12.1 Å². The molecule has 1 aromatic carbocycles. The maximum absolute atomic E-state index is 12.1. The molecule has 1 aliphatic rings. The van der Waals surface area contributed by atoms with Crippen LogP contribution in [0.1, 0.15) is 37.7 Å². The summed E-state index contributed by atoms with van der Waals surface area (Å²) in [7, 11) is -3.83. The first-order valence-corrected chi connectivity index (χ1v) is 7.47. The fraction of sp³-hybridized carbons (Fsp3) is 0.462. The van der Waals surface area contributed by atoms with Crippen molar-refractivity contribution in [1.29, 1.82) is 5.26 Å². The monoisotopic (exact) mass is 265 g/mol. The van der Waals surface area contributed by atoms with Crippen molar-refractivity contribution in [2.24, 2.45) is 0 Å². The Bertz CT molecular complexity index is 554. The highest BCUT2D eigenvalue weighted by Gasteiger charge is 2.25. The predicted octanol–water partition coefficient (Wildman–Crippen LogP) is 2.60. The molecule has 1 aromatic rings. The third kappa shape index (κ3) is 2.89. The fourth-order valence-corrected chi connectivity index (χ4v) is 3.45. The summed E-state index contributed by atoms with van der Waals surface area (Å²) in [6.45, 7) is 0. The molecular formula is C13H15NO3S. The van der Waals surface area contributed by atoms with Gasteiger partial charge in [-0.2, -0.15) is 13.7 Å². The van der Waals surface area contributed by atoms with Crippen molar-refractivity contribution in [2.45, 2.75) is 43.1 Å². The Morgan fingerprint density at radius 1 is 1.17 bits per heavy atom. The summed E-state index contributed by atoms with van der Waals surface area (Å²) in [6, 6.07) is 8.01. The smallest absolute Gasteiger partial charge is 0.263 e. The Hall–Kier alpha value is -1.38. The molecule has 0 saturated heterocycles. The van der Waals surface area contributed by atoms with Crippen LogP contribution in [0.25, 0.3) is 0 Å². The number of nitrogens with zero attached hydrogens (tertiary/aromatic N) is 1. The van der Waals surface area contributed by atoms with Gasteiger partial charge in [-0.25, -0.2) is 0 Å². The molecule has 18 heavy (non-hydrogen) atoms. The lowest BCUT2D eigenvalue weighted by Crippen LogP contribution is -2.21. The van der Waals surface area contributed by atoms with E-state index in [2.05, 4.69) is 0 Å².